The molecule has 0 aliphatic heterocycles. The van der Waals surface area contributed by atoms with Crippen LogP contribution in [0.2, 0.25) is 0 Å². The zero-order valence-electron chi connectivity index (χ0n) is 11.4. The van der Waals surface area contributed by atoms with Gasteiger partial charge in [0.05, 0.1) is 12.2 Å². The first kappa shape index (κ1) is 17.5. The Morgan fingerprint density at radius 2 is 1.95 bits per heavy atom. The van der Waals surface area contributed by atoms with Crippen LogP contribution in [-0.2, 0) is 12.7 Å². The van der Waals surface area contributed by atoms with Gasteiger partial charge in [-0.25, -0.2) is 4.98 Å². The van der Waals surface area contributed by atoms with E-state index >= 15 is 0 Å². The maximum Gasteiger partial charge on any atom is 0.433 e. The van der Waals surface area contributed by atoms with E-state index in [0.717, 1.165) is 19.2 Å². The van der Waals surface area contributed by atoms with E-state index in [1.165, 1.54) is 12.1 Å². The molecule has 0 aliphatic rings. The molecule has 8 heteroatoms. The summed E-state index contributed by atoms with van der Waals surface area (Å²) in [6.07, 6.45) is -2.71. The van der Waals surface area contributed by atoms with Crippen LogP contribution in [0.5, 0.6) is 0 Å². The van der Waals surface area contributed by atoms with E-state index in [1.54, 1.807) is 16.9 Å². The lowest BCUT2D eigenvalue weighted by molar-refractivity contribution is -0.141. The minimum absolute atomic E-state index is 0. The SMILES string of the molecule is CCNCCn1ccc(-c2cccc(C(F)(F)F)n2)n1.Cl. The van der Waals surface area contributed by atoms with Crippen molar-refractivity contribution in [3.8, 4) is 11.4 Å². The van der Waals surface area contributed by atoms with Crippen LogP contribution in [0.15, 0.2) is 30.5 Å². The summed E-state index contributed by atoms with van der Waals surface area (Å²) in [5.41, 5.74) is -0.244. The minimum atomic E-state index is -4.44. The Hall–Kier alpha value is -1.60. The third-order valence-corrected chi connectivity index (χ3v) is 2.71. The monoisotopic (exact) mass is 320 g/mol. The van der Waals surface area contributed by atoms with E-state index in [4.69, 9.17) is 0 Å². The van der Waals surface area contributed by atoms with Gasteiger partial charge in [-0.05, 0) is 24.7 Å². The topological polar surface area (TPSA) is 42.7 Å². The zero-order valence-corrected chi connectivity index (χ0v) is 12.2. The average molecular weight is 321 g/mol. The van der Waals surface area contributed by atoms with Gasteiger partial charge in [0.1, 0.15) is 11.4 Å². The first-order valence-electron chi connectivity index (χ1n) is 6.29. The second-order valence-corrected chi connectivity index (χ2v) is 4.22. The van der Waals surface area contributed by atoms with Gasteiger partial charge >= 0.3 is 6.18 Å². The minimum Gasteiger partial charge on any atom is -0.315 e. The molecule has 0 saturated carbocycles. The Kier molecular flexibility index (Phi) is 6.17. The van der Waals surface area contributed by atoms with Crippen LogP contribution < -0.4 is 5.32 Å². The fraction of sp³-hybridized carbons (Fsp3) is 0.385. The molecule has 0 aliphatic carbocycles. The van der Waals surface area contributed by atoms with Crippen molar-refractivity contribution >= 4 is 12.4 Å². The van der Waals surface area contributed by atoms with Crippen molar-refractivity contribution < 1.29 is 13.2 Å². The van der Waals surface area contributed by atoms with Gasteiger partial charge in [-0.15, -0.1) is 12.4 Å². The Bertz CT molecular complexity index is 569. The Morgan fingerprint density at radius 1 is 1.19 bits per heavy atom. The van der Waals surface area contributed by atoms with Crippen LogP contribution in [0.1, 0.15) is 12.6 Å². The fourth-order valence-electron chi connectivity index (χ4n) is 1.73. The van der Waals surface area contributed by atoms with Crippen LogP contribution in [0.3, 0.4) is 0 Å². The van der Waals surface area contributed by atoms with Crippen molar-refractivity contribution in [2.24, 2.45) is 0 Å². The van der Waals surface area contributed by atoms with Gasteiger partial charge in [0, 0.05) is 12.7 Å². The normalized spacial score (nSPS) is 11.2. The molecular weight excluding hydrogens is 305 g/mol. The highest BCUT2D eigenvalue weighted by molar-refractivity contribution is 5.85. The van der Waals surface area contributed by atoms with E-state index in [0.29, 0.717) is 12.2 Å². The quantitative estimate of drug-likeness (QED) is 0.861. The molecular formula is C13H16ClF3N4. The van der Waals surface area contributed by atoms with Crippen molar-refractivity contribution in [1.29, 1.82) is 0 Å². The standard InChI is InChI=1S/C13H15F3N4.ClH/c1-2-17-7-9-20-8-6-11(19-20)10-4-3-5-12(18-10)13(14,15)16;/h3-6,8,17H,2,7,9H2,1H3;1H. The first-order chi connectivity index (χ1) is 9.50. The lowest BCUT2D eigenvalue weighted by Gasteiger charge is -2.06. The molecule has 2 heterocycles. The molecule has 116 valence electrons. The summed E-state index contributed by atoms with van der Waals surface area (Å²) in [6.45, 7) is 4.28. The summed E-state index contributed by atoms with van der Waals surface area (Å²) < 4.78 is 39.5. The number of nitrogens with one attached hydrogen (secondary N) is 1. The van der Waals surface area contributed by atoms with Crippen molar-refractivity contribution in [3.63, 3.8) is 0 Å². The van der Waals surface area contributed by atoms with E-state index in [-0.39, 0.29) is 18.1 Å². The number of nitrogens with zero attached hydrogens (tertiary/aromatic N) is 3. The number of halogens is 4. The Labute approximate surface area is 126 Å². The number of alkyl halides is 3. The highest BCUT2D eigenvalue weighted by Gasteiger charge is 2.32. The molecule has 0 saturated heterocycles. The largest absolute Gasteiger partial charge is 0.433 e. The Balaban J connectivity index is 0.00000220. The number of pyridine rings is 1. The lowest BCUT2D eigenvalue weighted by atomic mass is 10.2. The van der Waals surface area contributed by atoms with Gasteiger partial charge in [-0.2, -0.15) is 18.3 Å². The molecule has 0 unspecified atom stereocenters. The summed E-state index contributed by atoms with van der Waals surface area (Å²) in [6, 6.07) is 5.47. The van der Waals surface area contributed by atoms with E-state index in [2.05, 4.69) is 15.4 Å². The van der Waals surface area contributed by atoms with E-state index in [9.17, 15) is 13.2 Å². The van der Waals surface area contributed by atoms with Gasteiger partial charge in [-0.1, -0.05) is 13.0 Å². The predicted octanol–water partition coefficient (Wildman–Crippen LogP) is 3.00. The molecule has 0 bridgehead atoms. The summed E-state index contributed by atoms with van der Waals surface area (Å²) in [5, 5.41) is 7.37. The third kappa shape index (κ3) is 4.71. The molecule has 2 aromatic rings. The molecule has 0 fully saturated rings. The maximum absolute atomic E-state index is 12.6. The number of hydrogen-bond donors (Lipinski definition) is 1. The highest BCUT2D eigenvalue weighted by Crippen LogP contribution is 2.28. The van der Waals surface area contributed by atoms with Crippen molar-refractivity contribution in [1.82, 2.24) is 20.1 Å². The van der Waals surface area contributed by atoms with Crippen LogP contribution in [-0.4, -0.2) is 27.9 Å². The molecule has 0 aromatic carbocycles. The van der Waals surface area contributed by atoms with Gasteiger partial charge in [0.25, 0.3) is 0 Å². The molecule has 0 radical (unpaired) electrons. The van der Waals surface area contributed by atoms with Gasteiger partial charge in [0.2, 0.25) is 0 Å². The van der Waals surface area contributed by atoms with Crippen molar-refractivity contribution in [2.75, 3.05) is 13.1 Å². The highest BCUT2D eigenvalue weighted by atomic mass is 35.5. The molecule has 0 amide bonds. The lowest BCUT2D eigenvalue weighted by Crippen LogP contribution is -2.19. The van der Waals surface area contributed by atoms with Crippen LogP contribution in [0, 0.1) is 0 Å². The smallest absolute Gasteiger partial charge is 0.315 e. The number of likely N-dealkylation sites (N-methyl/N-ethyl adjacent to an activating group) is 1. The van der Waals surface area contributed by atoms with Gasteiger partial charge in [-0.3, -0.25) is 4.68 Å². The third-order valence-electron chi connectivity index (χ3n) is 2.71. The van der Waals surface area contributed by atoms with Crippen LogP contribution >= 0.6 is 12.4 Å². The summed E-state index contributed by atoms with van der Waals surface area (Å²) >= 11 is 0. The second kappa shape index (κ2) is 7.42. The second-order valence-electron chi connectivity index (χ2n) is 4.22. The predicted molar refractivity (Wildman–Crippen MR) is 76.3 cm³/mol. The van der Waals surface area contributed by atoms with E-state index in [1.807, 2.05) is 6.92 Å². The number of aromatic nitrogens is 3. The number of hydrogen-bond acceptors (Lipinski definition) is 3. The molecule has 0 atom stereocenters. The van der Waals surface area contributed by atoms with Crippen molar-refractivity contribution in [2.45, 2.75) is 19.6 Å². The summed E-state index contributed by atoms with van der Waals surface area (Å²) in [7, 11) is 0. The average Bonchev–Trinajstić information content (AvgIpc) is 2.87. The Morgan fingerprint density at radius 3 is 2.62 bits per heavy atom. The van der Waals surface area contributed by atoms with Crippen LogP contribution in [0.4, 0.5) is 13.2 Å². The van der Waals surface area contributed by atoms with Crippen molar-refractivity contribution in [3.05, 3.63) is 36.2 Å². The summed E-state index contributed by atoms with van der Waals surface area (Å²) in [4.78, 5) is 3.61. The fourth-order valence-corrected chi connectivity index (χ4v) is 1.73. The number of rotatable bonds is 5. The van der Waals surface area contributed by atoms with Gasteiger partial charge < -0.3 is 5.32 Å². The molecule has 0 spiro atoms. The molecule has 1 N–H and O–H groups in total. The molecule has 2 rings (SSSR count). The molecule has 4 nitrogen and oxygen atoms in total. The maximum atomic E-state index is 12.6. The van der Waals surface area contributed by atoms with Gasteiger partial charge in [0.15, 0.2) is 0 Å². The molecule has 21 heavy (non-hydrogen) atoms. The molecule has 2 aromatic heterocycles. The summed E-state index contributed by atoms with van der Waals surface area (Å²) in [5.74, 6) is 0. The van der Waals surface area contributed by atoms with Crippen LogP contribution in [0.25, 0.3) is 11.4 Å². The van der Waals surface area contributed by atoms with E-state index < -0.39 is 11.9 Å². The zero-order chi connectivity index (χ0) is 14.6. The first-order valence-corrected chi connectivity index (χ1v) is 6.29.